The standard InChI is InChI=1S/C33H47N5O5/c1-6-38(25-7-13-42-14-8-25)31-19-28(43-27-16-26(17-27)37-11-9-36(10-12-37)24(5)39)18-29(23(31)4)32(40)34-20-30-21(2)15-22(3)35-33(30)41/h15,18-19,25-27H,6-14,16-17,20H2,1-5H3,(H,34,40)(H,35,41)/t26-,27-. The van der Waals surface area contributed by atoms with Gasteiger partial charge >= 0.3 is 0 Å². The van der Waals surface area contributed by atoms with E-state index in [1.165, 1.54) is 0 Å². The SMILES string of the molecule is CCN(c1cc(O[C@H]2C[C@H](N3CCN(C(C)=O)CC3)C2)cc(C(=O)NCc2c(C)cc(C)[nH]c2=O)c1C)C1CCOCC1. The highest BCUT2D eigenvalue weighted by Gasteiger charge is 2.37. The summed E-state index contributed by atoms with van der Waals surface area (Å²) >= 11 is 0. The first kappa shape index (κ1) is 31.1. The van der Waals surface area contributed by atoms with Gasteiger partial charge in [0.15, 0.2) is 0 Å². The van der Waals surface area contributed by atoms with E-state index in [0.717, 1.165) is 94.1 Å². The number of anilines is 1. The summed E-state index contributed by atoms with van der Waals surface area (Å²) in [5.74, 6) is 0.624. The van der Waals surface area contributed by atoms with Crippen LogP contribution in [0.1, 0.15) is 72.3 Å². The molecule has 0 unspecified atom stereocenters. The number of rotatable bonds is 9. The molecular formula is C33H47N5O5. The van der Waals surface area contributed by atoms with Gasteiger partial charge in [0.2, 0.25) is 5.91 Å². The monoisotopic (exact) mass is 593 g/mol. The van der Waals surface area contributed by atoms with Crippen LogP contribution in [0.4, 0.5) is 5.69 Å². The molecule has 2 saturated heterocycles. The normalized spacial score (nSPS) is 21.3. The predicted octanol–water partition coefficient (Wildman–Crippen LogP) is 3.31. The summed E-state index contributed by atoms with van der Waals surface area (Å²) in [7, 11) is 0. The lowest BCUT2D eigenvalue weighted by Crippen LogP contribution is -2.56. The summed E-state index contributed by atoms with van der Waals surface area (Å²) in [6.07, 6.45) is 3.82. The number of aromatic amines is 1. The van der Waals surface area contributed by atoms with Crippen LogP contribution in [0.3, 0.4) is 0 Å². The van der Waals surface area contributed by atoms with Crippen LogP contribution >= 0.6 is 0 Å². The molecule has 10 heteroatoms. The molecule has 2 aromatic rings. The van der Waals surface area contributed by atoms with Gasteiger partial charge in [-0.1, -0.05) is 0 Å². The minimum Gasteiger partial charge on any atom is -0.490 e. The molecule has 5 rings (SSSR count). The van der Waals surface area contributed by atoms with Gasteiger partial charge in [0.1, 0.15) is 11.9 Å². The molecule has 3 fully saturated rings. The van der Waals surface area contributed by atoms with Gasteiger partial charge in [0.05, 0.1) is 0 Å². The van der Waals surface area contributed by atoms with E-state index in [1.54, 1.807) is 6.92 Å². The Balaban J connectivity index is 1.33. The summed E-state index contributed by atoms with van der Waals surface area (Å²) in [6, 6.07) is 6.66. The summed E-state index contributed by atoms with van der Waals surface area (Å²) in [4.78, 5) is 47.5. The molecule has 2 aliphatic heterocycles. The smallest absolute Gasteiger partial charge is 0.253 e. The van der Waals surface area contributed by atoms with Crippen molar-refractivity contribution in [3.05, 3.63) is 56.5 Å². The number of piperazine rings is 1. The lowest BCUT2D eigenvalue weighted by atomic mass is 9.87. The van der Waals surface area contributed by atoms with Crippen LogP contribution in [0.2, 0.25) is 0 Å². The predicted molar refractivity (Wildman–Crippen MR) is 167 cm³/mol. The first-order valence-corrected chi connectivity index (χ1v) is 15.8. The van der Waals surface area contributed by atoms with Crippen molar-refractivity contribution < 1.29 is 19.1 Å². The minimum atomic E-state index is -0.221. The highest BCUT2D eigenvalue weighted by atomic mass is 16.5. The number of carbonyl (C=O) groups excluding carboxylic acids is 2. The van der Waals surface area contributed by atoms with Crippen molar-refractivity contribution in [3.63, 3.8) is 0 Å². The maximum Gasteiger partial charge on any atom is 0.253 e. The third-order valence-corrected chi connectivity index (χ3v) is 9.45. The fraction of sp³-hybridized carbons (Fsp3) is 0.606. The lowest BCUT2D eigenvalue weighted by Gasteiger charge is -2.46. The van der Waals surface area contributed by atoms with E-state index in [0.29, 0.717) is 29.0 Å². The number of benzene rings is 1. The average Bonchev–Trinajstić information content (AvgIpc) is 2.96. The molecule has 234 valence electrons. The van der Waals surface area contributed by atoms with E-state index >= 15 is 0 Å². The number of ether oxygens (including phenoxy) is 2. The van der Waals surface area contributed by atoms with E-state index < -0.39 is 0 Å². The molecule has 0 atom stereocenters. The topological polar surface area (TPSA) is 107 Å². The molecule has 2 amide bonds. The Hall–Kier alpha value is -3.37. The van der Waals surface area contributed by atoms with Crippen LogP contribution in [0.25, 0.3) is 0 Å². The van der Waals surface area contributed by atoms with E-state index in [2.05, 4.69) is 33.1 Å². The number of nitrogens with zero attached hydrogens (tertiary/aromatic N) is 3. The molecule has 10 nitrogen and oxygen atoms in total. The number of carbonyl (C=O) groups is 2. The number of nitrogens with one attached hydrogen (secondary N) is 2. The Labute approximate surface area is 254 Å². The van der Waals surface area contributed by atoms with Crippen molar-refractivity contribution in [2.24, 2.45) is 0 Å². The third kappa shape index (κ3) is 7.07. The summed E-state index contributed by atoms with van der Waals surface area (Å²) in [5.41, 5.74) is 4.52. The van der Waals surface area contributed by atoms with Crippen LogP contribution in [-0.4, -0.2) is 90.7 Å². The lowest BCUT2D eigenvalue weighted by molar-refractivity contribution is -0.131. The quantitative estimate of drug-likeness (QED) is 0.460. The van der Waals surface area contributed by atoms with Crippen molar-refractivity contribution in [1.29, 1.82) is 0 Å². The van der Waals surface area contributed by atoms with Crippen molar-refractivity contribution in [2.45, 2.75) is 85.0 Å². The number of pyridine rings is 1. The van der Waals surface area contributed by atoms with E-state index in [4.69, 9.17) is 9.47 Å². The number of H-pyrrole nitrogens is 1. The zero-order chi connectivity index (χ0) is 30.7. The number of amides is 2. The van der Waals surface area contributed by atoms with Crippen molar-refractivity contribution >= 4 is 17.5 Å². The third-order valence-electron chi connectivity index (χ3n) is 9.45. The van der Waals surface area contributed by atoms with Crippen molar-refractivity contribution in [3.8, 4) is 5.75 Å². The van der Waals surface area contributed by atoms with Crippen molar-refractivity contribution in [1.82, 2.24) is 20.1 Å². The second-order valence-corrected chi connectivity index (χ2v) is 12.3. The van der Waals surface area contributed by atoms with Crippen LogP contribution in [0.5, 0.6) is 5.75 Å². The first-order chi connectivity index (χ1) is 20.6. The Morgan fingerprint density at radius 2 is 1.77 bits per heavy atom. The van der Waals surface area contributed by atoms with Crippen LogP contribution in [0.15, 0.2) is 23.0 Å². The first-order valence-electron chi connectivity index (χ1n) is 15.8. The molecule has 1 aliphatic carbocycles. The maximum atomic E-state index is 13.7. The summed E-state index contributed by atoms with van der Waals surface area (Å²) < 4.78 is 12.2. The number of hydrogen-bond acceptors (Lipinski definition) is 7. The average molecular weight is 594 g/mol. The molecule has 0 bridgehead atoms. The fourth-order valence-electron chi connectivity index (χ4n) is 6.79. The van der Waals surface area contributed by atoms with E-state index in [9.17, 15) is 14.4 Å². The molecule has 43 heavy (non-hydrogen) atoms. The second-order valence-electron chi connectivity index (χ2n) is 12.3. The number of aromatic nitrogens is 1. The second kappa shape index (κ2) is 13.5. The highest BCUT2D eigenvalue weighted by Crippen LogP contribution is 2.36. The molecule has 2 N–H and O–H groups in total. The van der Waals surface area contributed by atoms with E-state index in [-0.39, 0.29) is 30.0 Å². The van der Waals surface area contributed by atoms with Crippen molar-refractivity contribution in [2.75, 3.05) is 50.8 Å². The van der Waals surface area contributed by atoms with Gasteiger partial charge in [0.25, 0.3) is 11.5 Å². The van der Waals surface area contributed by atoms with Crippen LogP contribution in [-0.2, 0) is 16.1 Å². The van der Waals surface area contributed by atoms with Crippen LogP contribution < -0.4 is 20.5 Å². The Morgan fingerprint density at radius 1 is 1.07 bits per heavy atom. The molecule has 1 aromatic heterocycles. The molecular weight excluding hydrogens is 546 g/mol. The van der Waals surface area contributed by atoms with Gasteiger partial charge in [-0.25, -0.2) is 0 Å². The fourth-order valence-corrected chi connectivity index (χ4v) is 6.79. The molecule has 0 radical (unpaired) electrons. The molecule has 3 heterocycles. The summed E-state index contributed by atoms with van der Waals surface area (Å²) in [5, 5.41) is 3.00. The Kier molecular flexibility index (Phi) is 9.76. The summed E-state index contributed by atoms with van der Waals surface area (Å²) in [6.45, 7) is 15.3. The maximum absolute atomic E-state index is 13.7. The number of aryl methyl sites for hydroxylation is 2. The molecule has 3 aliphatic rings. The van der Waals surface area contributed by atoms with Crippen LogP contribution in [0, 0.1) is 20.8 Å². The van der Waals surface area contributed by atoms with Gasteiger partial charge < -0.3 is 29.6 Å². The van der Waals surface area contributed by atoms with Gasteiger partial charge in [-0.2, -0.15) is 0 Å². The zero-order valence-electron chi connectivity index (χ0n) is 26.3. The van der Waals surface area contributed by atoms with E-state index in [1.807, 2.05) is 37.8 Å². The molecule has 1 aromatic carbocycles. The minimum absolute atomic E-state index is 0.0780. The van der Waals surface area contributed by atoms with Gasteiger partial charge in [-0.15, -0.1) is 0 Å². The van der Waals surface area contributed by atoms with Gasteiger partial charge in [-0.3, -0.25) is 19.3 Å². The highest BCUT2D eigenvalue weighted by molar-refractivity contribution is 5.97. The Morgan fingerprint density at radius 3 is 2.40 bits per heavy atom. The zero-order valence-corrected chi connectivity index (χ0v) is 26.3. The largest absolute Gasteiger partial charge is 0.490 e. The molecule has 1 saturated carbocycles. The van der Waals surface area contributed by atoms with Gasteiger partial charge in [0, 0.05) is 113 Å². The Bertz CT molecular complexity index is 1370. The van der Waals surface area contributed by atoms with Gasteiger partial charge in [-0.05, 0) is 63.8 Å². The molecule has 0 spiro atoms. The number of hydrogen-bond donors (Lipinski definition) is 2.